The maximum Gasteiger partial charge on any atom is 0.258 e. The number of nitrogens with zero attached hydrogens (tertiary/aromatic N) is 4. The Morgan fingerprint density at radius 2 is 1.76 bits per heavy atom. The molecule has 4 heterocycles. The molecule has 12 heteroatoms. The SMILES string of the molecule is O=C(Nc1c[nH]c2cc(F)c(F)cc12)c1cnn(-c2cnc(N3CCC(F)(F)CC3)c(F)c2)c1. The van der Waals surface area contributed by atoms with E-state index in [0.717, 1.165) is 18.2 Å². The van der Waals surface area contributed by atoms with Crippen LogP contribution in [-0.2, 0) is 0 Å². The summed E-state index contributed by atoms with van der Waals surface area (Å²) in [6, 6.07) is 3.11. The first-order valence-electron chi connectivity index (χ1n) is 10.3. The van der Waals surface area contributed by atoms with Gasteiger partial charge in [0.1, 0.15) is 0 Å². The van der Waals surface area contributed by atoms with Gasteiger partial charge in [0, 0.05) is 55.8 Å². The van der Waals surface area contributed by atoms with Gasteiger partial charge in [-0.25, -0.2) is 31.6 Å². The first-order valence-corrected chi connectivity index (χ1v) is 10.3. The van der Waals surface area contributed by atoms with Crippen LogP contribution < -0.4 is 10.2 Å². The number of alkyl halides is 2. The van der Waals surface area contributed by atoms with Crippen molar-refractivity contribution in [3.8, 4) is 5.69 Å². The number of piperidine rings is 1. The third-order valence-electron chi connectivity index (χ3n) is 5.68. The lowest BCUT2D eigenvalue weighted by Crippen LogP contribution is -2.40. The summed E-state index contributed by atoms with van der Waals surface area (Å²) in [6.07, 6.45) is 4.60. The van der Waals surface area contributed by atoms with Crippen LogP contribution in [0.25, 0.3) is 16.6 Å². The van der Waals surface area contributed by atoms with Gasteiger partial charge >= 0.3 is 0 Å². The second kappa shape index (κ2) is 8.12. The van der Waals surface area contributed by atoms with Gasteiger partial charge < -0.3 is 15.2 Å². The van der Waals surface area contributed by atoms with E-state index >= 15 is 0 Å². The van der Waals surface area contributed by atoms with Gasteiger partial charge in [0.2, 0.25) is 0 Å². The molecule has 0 radical (unpaired) electrons. The van der Waals surface area contributed by atoms with E-state index in [2.05, 4.69) is 20.4 Å². The quantitative estimate of drug-likeness (QED) is 0.420. The largest absolute Gasteiger partial charge is 0.359 e. The fourth-order valence-corrected chi connectivity index (χ4v) is 3.82. The summed E-state index contributed by atoms with van der Waals surface area (Å²) in [5, 5.41) is 6.93. The van der Waals surface area contributed by atoms with E-state index < -0.39 is 29.3 Å². The minimum Gasteiger partial charge on any atom is -0.359 e. The van der Waals surface area contributed by atoms with Crippen LogP contribution in [-0.4, -0.2) is 44.7 Å². The Kier molecular flexibility index (Phi) is 5.22. The van der Waals surface area contributed by atoms with Gasteiger partial charge in [-0.05, 0) is 6.07 Å². The number of pyridine rings is 1. The van der Waals surface area contributed by atoms with E-state index in [1.165, 1.54) is 34.4 Å². The third-order valence-corrected chi connectivity index (χ3v) is 5.68. The molecular formula is C22H17F5N6O. The molecule has 1 saturated heterocycles. The third kappa shape index (κ3) is 4.06. The van der Waals surface area contributed by atoms with Crippen molar-refractivity contribution < 1.29 is 26.7 Å². The van der Waals surface area contributed by atoms with E-state index in [4.69, 9.17) is 0 Å². The number of benzene rings is 1. The molecule has 1 aliphatic heterocycles. The number of carbonyl (C=O) groups excluding carboxylic acids is 1. The second-order valence-corrected chi connectivity index (χ2v) is 7.98. The van der Waals surface area contributed by atoms with E-state index in [1.807, 2.05) is 0 Å². The van der Waals surface area contributed by atoms with Crippen molar-refractivity contribution in [1.29, 1.82) is 0 Å². The molecule has 0 atom stereocenters. The van der Waals surface area contributed by atoms with E-state index in [0.29, 0.717) is 5.52 Å². The molecule has 1 amide bonds. The Bertz CT molecular complexity index is 1390. The van der Waals surface area contributed by atoms with Crippen LogP contribution in [0.4, 0.5) is 33.5 Å². The lowest BCUT2D eigenvalue weighted by atomic mass is 10.1. The van der Waals surface area contributed by atoms with Crippen LogP contribution in [0, 0.1) is 17.5 Å². The van der Waals surface area contributed by atoms with Gasteiger partial charge in [0.25, 0.3) is 11.8 Å². The lowest BCUT2D eigenvalue weighted by Gasteiger charge is -2.32. The van der Waals surface area contributed by atoms with Crippen molar-refractivity contribution in [2.75, 3.05) is 23.3 Å². The Labute approximate surface area is 189 Å². The molecule has 1 aliphatic rings. The Morgan fingerprint density at radius 1 is 1.03 bits per heavy atom. The highest BCUT2D eigenvalue weighted by Gasteiger charge is 2.35. The molecule has 5 rings (SSSR count). The van der Waals surface area contributed by atoms with Crippen molar-refractivity contribution in [2.45, 2.75) is 18.8 Å². The van der Waals surface area contributed by atoms with Crippen molar-refractivity contribution in [3.05, 3.63) is 66.0 Å². The number of aromatic nitrogens is 4. The molecule has 7 nitrogen and oxygen atoms in total. The number of fused-ring (bicyclic) bond motifs is 1. The summed E-state index contributed by atoms with van der Waals surface area (Å²) in [4.78, 5) is 20.9. The number of aromatic amines is 1. The number of rotatable bonds is 4. The van der Waals surface area contributed by atoms with Crippen LogP contribution in [0.15, 0.2) is 43.0 Å². The Morgan fingerprint density at radius 3 is 2.50 bits per heavy atom. The smallest absolute Gasteiger partial charge is 0.258 e. The summed E-state index contributed by atoms with van der Waals surface area (Å²) in [5.41, 5.74) is 0.909. The Hall–Kier alpha value is -3.96. The molecule has 0 bridgehead atoms. The average Bonchev–Trinajstić information content (AvgIpc) is 3.43. The van der Waals surface area contributed by atoms with Gasteiger partial charge in [-0.3, -0.25) is 4.79 Å². The van der Waals surface area contributed by atoms with Crippen LogP contribution >= 0.6 is 0 Å². The maximum atomic E-state index is 14.7. The number of nitrogens with one attached hydrogen (secondary N) is 2. The van der Waals surface area contributed by atoms with Crippen molar-refractivity contribution in [3.63, 3.8) is 0 Å². The number of amides is 1. The normalized spacial score (nSPS) is 15.6. The highest BCUT2D eigenvalue weighted by molar-refractivity contribution is 6.08. The number of hydrogen-bond acceptors (Lipinski definition) is 4. The average molecular weight is 476 g/mol. The predicted molar refractivity (Wildman–Crippen MR) is 114 cm³/mol. The minimum atomic E-state index is -2.75. The van der Waals surface area contributed by atoms with Crippen molar-refractivity contribution in [2.24, 2.45) is 0 Å². The highest BCUT2D eigenvalue weighted by atomic mass is 19.3. The maximum absolute atomic E-state index is 14.7. The Balaban J connectivity index is 1.32. The number of hydrogen-bond donors (Lipinski definition) is 2. The van der Waals surface area contributed by atoms with Crippen LogP contribution in [0.5, 0.6) is 0 Å². The number of H-pyrrole nitrogens is 1. The van der Waals surface area contributed by atoms with Gasteiger partial charge in [-0.2, -0.15) is 5.10 Å². The molecule has 0 unspecified atom stereocenters. The lowest BCUT2D eigenvalue weighted by molar-refractivity contribution is -0.0222. The molecule has 0 aliphatic carbocycles. The van der Waals surface area contributed by atoms with Crippen LogP contribution in [0.1, 0.15) is 23.2 Å². The predicted octanol–water partition coefficient (Wildman–Crippen LogP) is 4.65. The van der Waals surface area contributed by atoms with Gasteiger partial charge in [0.15, 0.2) is 23.3 Å². The summed E-state index contributed by atoms with van der Waals surface area (Å²) >= 11 is 0. The number of halogens is 5. The first-order chi connectivity index (χ1) is 16.2. The molecule has 176 valence electrons. The molecule has 3 aromatic heterocycles. The van der Waals surface area contributed by atoms with E-state index in [9.17, 15) is 26.7 Å². The molecule has 1 aromatic carbocycles. The summed E-state index contributed by atoms with van der Waals surface area (Å²) < 4.78 is 69.6. The second-order valence-electron chi connectivity index (χ2n) is 7.98. The van der Waals surface area contributed by atoms with Crippen LogP contribution in [0.3, 0.4) is 0 Å². The molecule has 34 heavy (non-hydrogen) atoms. The molecule has 0 saturated carbocycles. The molecule has 0 spiro atoms. The van der Waals surface area contributed by atoms with Crippen LogP contribution in [0.2, 0.25) is 0 Å². The molecule has 2 N–H and O–H groups in total. The van der Waals surface area contributed by atoms with E-state index in [-0.39, 0.29) is 54.1 Å². The summed E-state index contributed by atoms with van der Waals surface area (Å²) in [6.45, 7) is -0.0144. The number of anilines is 2. The van der Waals surface area contributed by atoms with Gasteiger partial charge in [-0.15, -0.1) is 0 Å². The van der Waals surface area contributed by atoms with Gasteiger partial charge in [-0.1, -0.05) is 0 Å². The zero-order chi connectivity index (χ0) is 24.0. The summed E-state index contributed by atoms with van der Waals surface area (Å²) in [7, 11) is 0. The van der Waals surface area contributed by atoms with Gasteiger partial charge in [0.05, 0.1) is 34.8 Å². The molecule has 4 aromatic rings. The fourth-order valence-electron chi connectivity index (χ4n) is 3.82. The van der Waals surface area contributed by atoms with Crippen molar-refractivity contribution in [1.82, 2.24) is 19.7 Å². The van der Waals surface area contributed by atoms with E-state index in [1.54, 1.807) is 0 Å². The fraction of sp³-hybridized carbons (Fsp3) is 0.227. The zero-order valence-corrected chi connectivity index (χ0v) is 17.5. The monoisotopic (exact) mass is 476 g/mol. The standard InChI is InChI=1S/C22H17F5N6O/c23-15-6-14-18(7-16(15)24)28-10-19(14)31-21(34)12-8-30-33(11-12)13-5-17(25)20(29-9-13)32-3-1-22(26,27)2-4-32/h5-11,28H,1-4H2,(H,31,34). The molecule has 1 fully saturated rings. The highest BCUT2D eigenvalue weighted by Crippen LogP contribution is 2.31. The topological polar surface area (TPSA) is 78.8 Å². The summed E-state index contributed by atoms with van der Waals surface area (Å²) in [5.74, 6) is -6.11. The minimum absolute atomic E-state index is 0.00721. The molecular weight excluding hydrogens is 459 g/mol. The zero-order valence-electron chi connectivity index (χ0n) is 17.5. The van der Waals surface area contributed by atoms with Crippen molar-refractivity contribution >= 4 is 28.3 Å². The first kappa shape index (κ1) is 21.9. The number of carbonyl (C=O) groups is 1.